The predicted octanol–water partition coefficient (Wildman–Crippen LogP) is 1.90. The molecular weight excluding hydrogens is 236 g/mol. The Balaban J connectivity index is 3.07. The summed E-state index contributed by atoms with van der Waals surface area (Å²) in [5, 5.41) is 16.5. The van der Waals surface area contributed by atoms with Crippen LogP contribution >= 0.6 is 0 Å². The highest BCUT2D eigenvalue weighted by Gasteiger charge is 1.99. The molecule has 0 unspecified atom stereocenters. The minimum absolute atomic E-state index is 0.322. The van der Waals surface area contributed by atoms with Crippen LogP contribution in [0.15, 0.2) is 0 Å². The molecule has 4 N–H and O–H groups in total. The summed E-state index contributed by atoms with van der Waals surface area (Å²) in [5.41, 5.74) is 3.23. The molecule has 0 aliphatic carbocycles. The first-order valence-electron chi connectivity index (χ1n) is 6.56. The molecule has 0 fully saturated rings. The van der Waals surface area contributed by atoms with Gasteiger partial charge in [0, 0.05) is 12.8 Å². The van der Waals surface area contributed by atoms with E-state index in [1.165, 1.54) is 0 Å². The van der Waals surface area contributed by atoms with Gasteiger partial charge >= 0.3 is 0 Å². The molecule has 0 aromatic rings. The van der Waals surface area contributed by atoms with Gasteiger partial charge in [-0.1, -0.05) is 38.5 Å². The molecule has 0 rings (SSSR count). The van der Waals surface area contributed by atoms with Crippen molar-refractivity contribution in [2.24, 2.45) is 0 Å². The van der Waals surface area contributed by atoms with Gasteiger partial charge in [-0.25, -0.2) is 11.0 Å². The fourth-order valence-electron chi connectivity index (χ4n) is 1.74. The molecule has 0 atom stereocenters. The molecule has 2 amide bonds. The van der Waals surface area contributed by atoms with Crippen molar-refractivity contribution < 1.29 is 20.0 Å². The second kappa shape index (κ2) is 12.3. The maximum absolute atomic E-state index is 10.7. The van der Waals surface area contributed by atoms with Crippen LogP contribution in [0.1, 0.15) is 64.2 Å². The average molecular weight is 260 g/mol. The molecule has 0 aliphatic heterocycles. The number of hydroxylamine groups is 2. The highest BCUT2D eigenvalue weighted by atomic mass is 16.5. The third-order valence-corrected chi connectivity index (χ3v) is 2.81. The van der Waals surface area contributed by atoms with Crippen LogP contribution < -0.4 is 11.0 Å². The van der Waals surface area contributed by atoms with Gasteiger partial charge in [0.15, 0.2) is 0 Å². The van der Waals surface area contributed by atoms with Crippen molar-refractivity contribution in [3.63, 3.8) is 0 Å². The summed E-state index contributed by atoms with van der Waals surface area (Å²) in [5.74, 6) is -0.644. The topological polar surface area (TPSA) is 98.7 Å². The zero-order chi connectivity index (χ0) is 13.6. The van der Waals surface area contributed by atoms with Crippen LogP contribution in [0.25, 0.3) is 0 Å². The summed E-state index contributed by atoms with van der Waals surface area (Å²) in [7, 11) is 0. The van der Waals surface area contributed by atoms with Gasteiger partial charge in [0.05, 0.1) is 0 Å². The third kappa shape index (κ3) is 11.3. The van der Waals surface area contributed by atoms with Crippen molar-refractivity contribution in [2.75, 3.05) is 0 Å². The lowest BCUT2D eigenvalue weighted by atomic mass is 10.1. The minimum Gasteiger partial charge on any atom is -0.289 e. The smallest absolute Gasteiger partial charge is 0.243 e. The predicted molar refractivity (Wildman–Crippen MR) is 66.0 cm³/mol. The maximum Gasteiger partial charge on any atom is 0.243 e. The molecule has 0 aliphatic rings. The molecule has 106 valence electrons. The van der Waals surface area contributed by atoms with E-state index in [4.69, 9.17) is 10.4 Å². The third-order valence-electron chi connectivity index (χ3n) is 2.81. The largest absolute Gasteiger partial charge is 0.289 e. The Bertz CT molecular complexity index is 210. The van der Waals surface area contributed by atoms with Gasteiger partial charge in [-0.05, 0) is 12.8 Å². The van der Waals surface area contributed by atoms with E-state index in [1.54, 1.807) is 11.0 Å². The molecule has 0 radical (unpaired) electrons. The van der Waals surface area contributed by atoms with Gasteiger partial charge in [0.25, 0.3) is 0 Å². The van der Waals surface area contributed by atoms with Gasteiger partial charge in [-0.2, -0.15) is 0 Å². The molecular formula is C12H24N2O4. The quantitative estimate of drug-likeness (QED) is 0.259. The molecule has 6 heteroatoms. The standard InChI is InChI=1S/C12H24N2O4/c15-11(13-17)9-7-5-3-1-2-4-6-8-10-12(16)14-18/h17-18H,1-10H2,(H,13,15)(H,14,16). The second-order valence-corrected chi connectivity index (χ2v) is 4.40. The van der Waals surface area contributed by atoms with Crippen LogP contribution in [0.5, 0.6) is 0 Å². The van der Waals surface area contributed by atoms with E-state index < -0.39 is 0 Å². The zero-order valence-corrected chi connectivity index (χ0v) is 10.8. The molecule has 0 saturated carbocycles. The highest BCUT2D eigenvalue weighted by molar-refractivity contribution is 5.74. The van der Waals surface area contributed by atoms with Crippen LogP contribution in [0.2, 0.25) is 0 Å². The molecule has 0 aromatic carbocycles. The summed E-state index contributed by atoms with van der Waals surface area (Å²) in [6.45, 7) is 0. The molecule has 0 heterocycles. The molecule has 18 heavy (non-hydrogen) atoms. The van der Waals surface area contributed by atoms with Gasteiger partial charge in [-0.3, -0.25) is 20.0 Å². The summed E-state index contributed by atoms with van der Waals surface area (Å²) in [6.07, 6.45) is 8.83. The summed E-state index contributed by atoms with van der Waals surface area (Å²) in [4.78, 5) is 21.4. The van der Waals surface area contributed by atoms with E-state index in [0.717, 1.165) is 51.4 Å². The lowest BCUT2D eigenvalue weighted by Crippen LogP contribution is -2.17. The fraction of sp³-hybridized carbons (Fsp3) is 0.833. The zero-order valence-electron chi connectivity index (χ0n) is 10.8. The van der Waals surface area contributed by atoms with Crippen molar-refractivity contribution in [3.8, 4) is 0 Å². The number of nitrogens with one attached hydrogen (secondary N) is 2. The molecule has 0 saturated heterocycles. The van der Waals surface area contributed by atoms with E-state index in [2.05, 4.69) is 0 Å². The lowest BCUT2D eigenvalue weighted by molar-refractivity contribution is -0.130. The van der Waals surface area contributed by atoms with Crippen molar-refractivity contribution in [1.29, 1.82) is 0 Å². The van der Waals surface area contributed by atoms with E-state index in [-0.39, 0.29) is 11.8 Å². The summed E-state index contributed by atoms with van der Waals surface area (Å²) >= 11 is 0. The van der Waals surface area contributed by atoms with Crippen LogP contribution in [-0.4, -0.2) is 22.2 Å². The monoisotopic (exact) mass is 260 g/mol. The van der Waals surface area contributed by atoms with Gasteiger partial charge in [-0.15, -0.1) is 0 Å². The normalized spacial score (nSPS) is 10.1. The maximum atomic E-state index is 10.7. The lowest BCUT2D eigenvalue weighted by Gasteiger charge is -2.02. The van der Waals surface area contributed by atoms with E-state index in [9.17, 15) is 9.59 Å². The molecule has 6 nitrogen and oxygen atoms in total. The number of hydrogen-bond donors (Lipinski definition) is 4. The van der Waals surface area contributed by atoms with Gasteiger partial charge in [0.2, 0.25) is 11.8 Å². The number of hydrogen-bond acceptors (Lipinski definition) is 4. The Labute approximate surface area is 108 Å². The Morgan fingerprint density at radius 2 is 0.889 bits per heavy atom. The molecule has 0 bridgehead atoms. The van der Waals surface area contributed by atoms with E-state index in [0.29, 0.717) is 12.8 Å². The van der Waals surface area contributed by atoms with Gasteiger partial charge in [0.1, 0.15) is 0 Å². The highest BCUT2D eigenvalue weighted by Crippen LogP contribution is 2.10. The fourth-order valence-corrected chi connectivity index (χ4v) is 1.74. The Morgan fingerprint density at radius 1 is 0.611 bits per heavy atom. The van der Waals surface area contributed by atoms with Crippen LogP contribution in [0, 0.1) is 0 Å². The first-order chi connectivity index (χ1) is 8.70. The summed E-state index contributed by atoms with van der Waals surface area (Å²) < 4.78 is 0. The number of rotatable bonds is 11. The number of carbonyl (C=O) groups excluding carboxylic acids is 2. The van der Waals surface area contributed by atoms with E-state index >= 15 is 0 Å². The second-order valence-electron chi connectivity index (χ2n) is 4.40. The minimum atomic E-state index is -0.322. The Hall–Kier alpha value is -1.14. The Kier molecular flexibility index (Phi) is 11.5. The van der Waals surface area contributed by atoms with Gasteiger partial charge < -0.3 is 0 Å². The SMILES string of the molecule is O=C(CCCCCCCCCCC(=O)NO)NO. The van der Waals surface area contributed by atoms with Crippen molar-refractivity contribution in [3.05, 3.63) is 0 Å². The summed E-state index contributed by atoms with van der Waals surface area (Å²) in [6, 6.07) is 0. The van der Waals surface area contributed by atoms with Crippen LogP contribution in [0.4, 0.5) is 0 Å². The van der Waals surface area contributed by atoms with Crippen molar-refractivity contribution in [1.82, 2.24) is 11.0 Å². The molecule has 0 spiro atoms. The molecule has 0 aromatic heterocycles. The van der Waals surface area contributed by atoms with E-state index in [1.807, 2.05) is 0 Å². The number of amides is 2. The van der Waals surface area contributed by atoms with Crippen LogP contribution in [0.3, 0.4) is 0 Å². The van der Waals surface area contributed by atoms with Crippen molar-refractivity contribution >= 4 is 11.8 Å². The Morgan fingerprint density at radius 3 is 1.17 bits per heavy atom. The van der Waals surface area contributed by atoms with Crippen LogP contribution in [-0.2, 0) is 9.59 Å². The number of carbonyl (C=O) groups is 2. The average Bonchev–Trinajstić information content (AvgIpc) is 2.40. The van der Waals surface area contributed by atoms with Crippen molar-refractivity contribution in [2.45, 2.75) is 64.2 Å². The number of unbranched alkanes of at least 4 members (excludes halogenated alkanes) is 7. The first kappa shape index (κ1) is 16.9. The first-order valence-corrected chi connectivity index (χ1v) is 6.56.